The highest BCUT2D eigenvalue weighted by Gasteiger charge is 1.86. The van der Waals surface area contributed by atoms with Gasteiger partial charge in [0.15, 0.2) is 0 Å². The molecule has 0 aliphatic heterocycles. The minimum absolute atomic E-state index is 0.609. The van der Waals surface area contributed by atoms with Crippen LogP contribution < -0.4 is 16.4 Å². The summed E-state index contributed by atoms with van der Waals surface area (Å²) in [5, 5.41) is 6.48. The van der Waals surface area contributed by atoms with Gasteiger partial charge in [0.1, 0.15) is 0 Å². The third kappa shape index (κ3) is 9.84. The Balaban J connectivity index is 2.73. The lowest BCUT2D eigenvalue weighted by Gasteiger charge is -2.05. The average molecular weight is 175 g/mol. The maximum atomic E-state index is 5.25. The molecular formula is C8H21N3O. The molecule has 0 aromatic rings. The van der Waals surface area contributed by atoms with Crippen molar-refractivity contribution in [2.45, 2.75) is 6.92 Å². The van der Waals surface area contributed by atoms with E-state index in [1.165, 1.54) is 0 Å². The summed E-state index contributed by atoms with van der Waals surface area (Å²) in [5.74, 6) is 0. The predicted molar refractivity (Wildman–Crippen MR) is 51.3 cm³/mol. The fraction of sp³-hybridized carbons (Fsp3) is 1.00. The fourth-order valence-corrected chi connectivity index (χ4v) is 0.808. The smallest absolute Gasteiger partial charge is 0.0591 e. The van der Waals surface area contributed by atoms with Gasteiger partial charge in [0.05, 0.1) is 13.2 Å². The van der Waals surface area contributed by atoms with Gasteiger partial charge in [-0.1, -0.05) is 6.92 Å². The summed E-state index contributed by atoms with van der Waals surface area (Å²) in [6.45, 7) is 8.09. The molecule has 12 heavy (non-hydrogen) atoms. The van der Waals surface area contributed by atoms with Crippen molar-refractivity contribution in [3.8, 4) is 0 Å². The normalized spacial score (nSPS) is 10.5. The Kier molecular flexibility index (Phi) is 10.7. The van der Waals surface area contributed by atoms with E-state index in [-0.39, 0.29) is 0 Å². The highest BCUT2D eigenvalue weighted by atomic mass is 16.5. The zero-order valence-electron chi connectivity index (χ0n) is 7.94. The number of nitrogens with one attached hydrogen (secondary N) is 2. The Bertz CT molecular complexity index is 70.7. The molecule has 0 aliphatic rings. The van der Waals surface area contributed by atoms with Crippen LogP contribution in [0.3, 0.4) is 0 Å². The SMILES string of the molecule is CCNCCNCCOCCN. The Morgan fingerprint density at radius 3 is 2.50 bits per heavy atom. The van der Waals surface area contributed by atoms with Gasteiger partial charge in [-0.2, -0.15) is 0 Å². The second-order valence-electron chi connectivity index (χ2n) is 2.50. The number of hydrogen-bond acceptors (Lipinski definition) is 4. The first-order chi connectivity index (χ1) is 5.91. The van der Waals surface area contributed by atoms with Crippen molar-refractivity contribution in [1.29, 1.82) is 0 Å². The lowest BCUT2D eigenvalue weighted by Crippen LogP contribution is -2.29. The third-order valence-electron chi connectivity index (χ3n) is 1.41. The Morgan fingerprint density at radius 2 is 1.83 bits per heavy atom. The monoisotopic (exact) mass is 175 g/mol. The lowest BCUT2D eigenvalue weighted by atomic mass is 10.5. The summed E-state index contributed by atoms with van der Waals surface area (Å²) >= 11 is 0. The van der Waals surface area contributed by atoms with Gasteiger partial charge in [0, 0.05) is 26.2 Å². The molecule has 0 heterocycles. The highest BCUT2D eigenvalue weighted by Crippen LogP contribution is 1.69. The lowest BCUT2D eigenvalue weighted by molar-refractivity contribution is 0.143. The quantitative estimate of drug-likeness (QED) is 0.400. The van der Waals surface area contributed by atoms with E-state index in [2.05, 4.69) is 17.6 Å². The molecule has 4 heteroatoms. The van der Waals surface area contributed by atoms with Crippen molar-refractivity contribution in [3.63, 3.8) is 0 Å². The summed E-state index contributed by atoms with van der Waals surface area (Å²) in [5.41, 5.74) is 5.25. The second-order valence-corrected chi connectivity index (χ2v) is 2.50. The van der Waals surface area contributed by atoms with Crippen molar-refractivity contribution in [2.75, 3.05) is 45.9 Å². The van der Waals surface area contributed by atoms with Gasteiger partial charge < -0.3 is 21.1 Å². The molecule has 0 rings (SSSR count). The van der Waals surface area contributed by atoms with Crippen LogP contribution in [0.15, 0.2) is 0 Å². The van der Waals surface area contributed by atoms with Gasteiger partial charge in [0.25, 0.3) is 0 Å². The van der Waals surface area contributed by atoms with Crippen molar-refractivity contribution in [3.05, 3.63) is 0 Å². The van der Waals surface area contributed by atoms with E-state index in [9.17, 15) is 0 Å². The topological polar surface area (TPSA) is 59.3 Å². The van der Waals surface area contributed by atoms with Crippen LogP contribution in [0.2, 0.25) is 0 Å². The summed E-state index contributed by atoms with van der Waals surface area (Å²) in [6, 6.07) is 0. The van der Waals surface area contributed by atoms with Gasteiger partial charge in [-0.3, -0.25) is 0 Å². The van der Waals surface area contributed by atoms with E-state index in [0.717, 1.165) is 32.8 Å². The van der Waals surface area contributed by atoms with Gasteiger partial charge >= 0.3 is 0 Å². The largest absolute Gasteiger partial charge is 0.379 e. The van der Waals surface area contributed by atoms with Crippen molar-refractivity contribution in [2.24, 2.45) is 5.73 Å². The molecule has 0 spiro atoms. The maximum absolute atomic E-state index is 5.25. The molecule has 0 aromatic heterocycles. The van der Waals surface area contributed by atoms with Gasteiger partial charge in [-0.25, -0.2) is 0 Å². The minimum atomic E-state index is 0.609. The first-order valence-electron chi connectivity index (χ1n) is 4.61. The minimum Gasteiger partial charge on any atom is -0.379 e. The number of ether oxygens (including phenoxy) is 1. The number of nitrogens with two attached hydrogens (primary N) is 1. The van der Waals surface area contributed by atoms with E-state index in [0.29, 0.717) is 13.2 Å². The zero-order valence-corrected chi connectivity index (χ0v) is 7.94. The molecule has 0 bridgehead atoms. The fourth-order valence-electron chi connectivity index (χ4n) is 0.808. The van der Waals surface area contributed by atoms with Crippen LogP contribution in [0.4, 0.5) is 0 Å². The Labute approximate surface area is 74.8 Å². The first-order valence-corrected chi connectivity index (χ1v) is 4.61. The van der Waals surface area contributed by atoms with Crippen molar-refractivity contribution < 1.29 is 4.74 Å². The van der Waals surface area contributed by atoms with Crippen LogP contribution in [0.25, 0.3) is 0 Å². The van der Waals surface area contributed by atoms with E-state index < -0.39 is 0 Å². The molecule has 0 aliphatic carbocycles. The van der Waals surface area contributed by atoms with Gasteiger partial charge in [0.2, 0.25) is 0 Å². The third-order valence-corrected chi connectivity index (χ3v) is 1.41. The molecule has 0 saturated heterocycles. The Morgan fingerprint density at radius 1 is 1.08 bits per heavy atom. The average Bonchev–Trinajstić information content (AvgIpc) is 2.10. The highest BCUT2D eigenvalue weighted by molar-refractivity contribution is 4.49. The Hall–Kier alpha value is -0.160. The van der Waals surface area contributed by atoms with Crippen LogP contribution in [0.5, 0.6) is 0 Å². The van der Waals surface area contributed by atoms with Crippen LogP contribution in [0.1, 0.15) is 6.92 Å². The summed E-state index contributed by atoms with van der Waals surface area (Å²) in [7, 11) is 0. The predicted octanol–water partition coefficient (Wildman–Crippen LogP) is -0.839. The number of likely N-dealkylation sites (N-methyl/N-ethyl adjacent to an activating group) is 1. The molecule has 0 amide bonds. The molecule has 0 fully saturated rings. The molecule has 0 aromatic carbocycles. The molecule has 4 N–H and O–H groups in total. The van der Waals surface area contributed by atoms with E-state index >= 15 is 0 Å². The molecular weight excluding hydrogens is 154 g/mol. The van der Waals surface area contributed by atoms with Gasteiger partial charge in [-0.05, 0) is 6.54 Å². The summed E-state index contributed by atoms with van der Waals surface area (Å²) in [6.07, 6.45) is 0. The molecule has 0 radical (unpaired) electrons. The van der Waals surface area contributed by atoms with Crippen LogP contribution in [0, 0.1) is 0 Å². The van der Waals surface area contributed by atoms with E-state index in [4.69, 9.17) is 10.5 Å². The van der Waals surface area contributed by atoms with Gasteiger partial charge in [-0.15, -0.1) is 0 Å². The number of hydrogen-bond donors (Lipinski definition) is 3. The van der Waals surface area contributed by atoms with Crippen LogP contribution in [-0.2, 0) is 4.74 Å². The molecule has 0 saturated carbocycles. The zero-order chi connectivity index (χ0) is 9.07. The molecule has 0 unspecified atom stereocenters. The van der Waals surface area contributed by atoms with Crippen molar-refractivity contribution >= 4 is 0 Å². The second kappa shape index (κ2) is 10.8. The first kappa shape index (κ1) is 11.8. The molecule has 4 nitrogen and oxygen atoms in total. The summed E-state index contributed by atoms with van der Waals surface area (Å²) < 4.78 is 5.18. The maximum Gasteiger partial charge on any atom is 0.0591 e. The molecule has 74 valence electrons. The standard InChI is InChI=1S/C8H21N3O/c1-2-10-4-5-11-6-8-12-7-3-9/h10-11H,2-9H2,1H3. The summed E-state index contributed by atoms with van der Waals surface area (Å²) in [4.78, 5) is 0. The number of rotatable bonds is 9. The van der Waals surface area contributed by atoms with Crippen LogP contribution in [-0.4, -0.2) is 45.9 Å². The van der Waals surface area contributed by atoms with Crippen molar-refractivity contribution in [1.82, 2.24) is 10.6 Å². The van der Waals surface area contributed by atoms with E-state index in [1.54, 1.807) is 0 Å². The van der Waals surface area contributed by atoms with Crippen LogP contribution >= 0.6 is 0 Å². The van der Waals surface area contributed by atoms with E-state index in [1.807, 2.05) is 0 Å². The molecule has 0 atom stereocenters.